The van der Waals surface area contributed by atoms with E-state index in [0.29, 0.717) is 5.56 Å². The van der Waals surface area contributed by atoms with Crippen LogP contribution in [0.4, 0.5) is 0 Å². The second-order valence-corrected chi connectivity index (χ2v) is 4.94. The zero-order valence-corrected chi connectivity index (χ0v) is 10.3. The van der Waals surface area contributed by atoms with Crippen molar-refractivity contribution in [3.8, 4) is 0 Å². The van der Waals surface area contributed by atoms with Crippen molar-refractivity contribution in [3.05, 3.63) is 35.9 Å². The van der Waals surface area contributed by atoms with Gasteiger partial charge in [0.2, 0.25) is 0 Å². The van der Waals surface area contributed by atoms with Crippen LogP contribution in [0.1, 0.15) is 12.5 Å². The van der Waals surface area contributed by atoms with Gasteiger partial charge in [0.15, 0.2) is 11.1 Å². The smallest absolute Gasteiger partial charge is 0.332 e. The molecule has 1 aromatic rings. The Bertz CT molecular complexity index is 513. The molecular weight excluding hydrogens is 250 g/mol. The molecule has 0 radical (unpaired) electrons. The molecule has 3 unspecified atom stereocenters. The molecule has 6 heteroatoms. The first-order valence-corrected chi connectivity index (χ1v) is 5.81. The normalized spacial score (nSPS) is 34.1. The van der Waals surface area contributed by atoms with Gasteiger partial charge in [0.05, 0.1) is 0 Å². The van der Waals surface area contributed by atoms with E-state index in [-0.39, 0.29) is 6.42 Å². The number of carbonyl (C=O) groups excluding carboxylic acids is 1. The van der Waals surface area contributed by atoms with Crippen LogP contribution in [0.3, 0.4) is 0 Å². The number of benzene rings is 1. The highest BCUT2D eigenvalue weighted by Crippen LogP contribution is 2.32. The maximum absolute atomic E-state index is 11.6. The lowest BCUT2D eigenvalue weighted by atomic mass is 9.82. The lowest BCUT2D eigenvalue weighted by molar-refractivity contribution is -0.153. The van der Waals surface area contributed by atoms with Crippen molar-refractivity contribution in [1.29, 1.82) is 0 Å². The Morgan fingerprint density at radius 3 is 2.37 bits per heavy atom. The quantitative estimate of drug-likeness (QED) is 0.578. The minimum Gasteiger partial charge on any atom is -0.479 e. The summed E-state index contributed by atoms with van der Waals surface area (Å²) in [7, 11) is 0. The first-order valence-electron chi connectivity index (χ1n) is 5.81. The van der Waals surface area contributed by atoms with Crippen LogP contribution in [0.15, 0.2) is 30.3 Å². The highest BCUT2D eigenvalue weighted by atomic mass is 16.4. The highest BCUT2D eigenvalue weighted by Gasteiger charge is 2.63. The average Bonchev–Trinajstić information content (AvgIpc) is 2.53. The van der Waals surface area contributed by atoms with Crippen molar-refractivity contribution >= 4 is 11.9 Å². The zero-order valence-electron chi connectivity index (χ0n) is 10.3. The molecular formula is C13H15NO5. The van der Waals surface area contributed by atoms with Gasteiger partial charge in [0.25, 0.3) is 5.91 Å². The second-order valence-electron chi connectivity index (χ2n) is 4.94. The van der Waals surface area contributed by atoms with E-state index in [2.05, 4.69) is 5.32 Å². The van der Waals surface area contributed by atoms with Gasteiger partial charge < -0.3 is 20.6 Å². The van der Waals surface area contributed by atoms with Crippen molar-refractivity contribution in [1.82, 2.24) is 5.32 Å². The van der Waals surface area contributed by atoms with Gasteiger partial charge in [-0.15, -0.1) is 0 Å². The second kappa shape index (κ2) is 4.32. The highest BCUT2D eigenvalue weighted by molar-refractivity contribution is 5.97. The molecule has 0 bridgehead atoms. The van der Waals surface area contributed by atoms with Gasteiger partial charge in [0.1, 0.15) is 6.10 Å². The Balaban J connectivity index is 2.41. The number of hydrogen-bond acceptors (Lipinski definition) is 4. The lowest BCUT2D eigenvalue weighted by Gasteiger charge is -2.30. The monoisotopic (exact) mass is 265 g/mol. The van der Waals surface area contributed by atoms with E-state index in [1.54, 1.807) is 30.3 Å². The molecule has 1 aromatic carbocycles. The van der Waals surface area contributed by atoms with Crippen molar-refractivity contribution in [2.75, 3.05) is 0 Å². The first-order chi connectivity index (χ1) is 8.80. The molecule has 1 aliphatic rings. The van der Waals surface area contributed by atoms with Gasteiger partial charge in [-0.05, 0) is 12.5 Å². The van der Waals surface area contributed by atoms with E-state index < -0.39 is 29.1 Å². The molecule has 19 heavy (non-hydrogen) atoms. The Morgan fingerprint density at radius 1 is 1.37 bits per heavy atom. The number of nitrogens with one attached hydrogen (secondary N) is 1. The van der Waals surface area contributed by atoms with Gasteiger partial charge in [0, 0.05) is 6.42 Å². The summed E-state index contributed by atoms with van der Waals surface area (Å²) in [5.74, 6) is -2.27. The van der Waals surface area contributed by atoms with Gasteiger partial charge in [-0.1, -0.05) is 30.3 Å². The van der Waals surface area contributed by atoms with Crippen LogP contribution in [-0.2, 0) is 16.0 Å². The van der Waals surface area contributed by atoms with Gasteiger partial charge in [-0.2, -0.15) is 0 Å². The maximum atomic E-state index is 11.6. The van der Waals surface area contributed by atoms with E-state index in [1.807, 2.05) is 0 Å². The number of aliphatic hydroxyl groups is 2. The molecule has 1 saturated heterocycles. The van der Waals surface area contributed by atoms with Gasteiger partial charge >= 0.3 is 5.97 Å². The van der Waals surface area contributed by atoms with Crippen molar-refractivity contribution in [2.45, 2.75) is 30.6 Å². The number of carboxylic acids is 1. The predicted molar refractivity (Wildman–Crippen MR) is 65.3 cm³/mol. The first kappa shape index (κ1) is 13.5. The summed E-state index contributed by atoms with van der Waals surface area (Å²) in [5, 5.41) is 31.5. The molecule has 1 heterocycles. The third-order valence-electron chi connectivity index (χ3n) is 3.50. The molecule has 0 aliphatic carbocycles. The van der Waals surface area contributed by atoms with Crippen LogP contribution in [0.5, 0.6) is 0 Å². The van der Waals surface area contributed by atoms with E-state index in [9.17, 15) is 24.9 Å². The molecule has 1 amide bonds. The van der Waals surface area contributed by atoms with Crippen LogP contribution < -0.4 is 5.32 Å². The minimum absolute atomic E-state index is 0.105. The summed E-state index contributed by atoms with van der Waals surface area (Å²) in [6, 6.07) is 8.61. The van der Waals surface area contributed by atoms with E-state index >= 15 is 0 Å². The molecule has 102 valence electrons. The molecule has 3 atom stereocenters. The number of hydrogen-bond donors (Lipinski definition) is 4. The van der Waals surface area contributed by atoms with Crippen LogP contribution in [-0.4, -0.2) is 44.4 Å². The largest absolute Gasteiger partial charge is 0.479 e. The molecule has 1 fully saturated rings. The Kier molecular flexibility index (Phi) is 3.07. The average molecular weight is 265 g/mol. The number of aliphatic hydroxyl groups excluding tert-OH is 1. The van der Waals surface area contributed by atoms with E-state index in [1.165, 1.54) is 0 Å². The molecule has 4 N–H and O–H groups in total. The number of carboxylic acid groups (broad SMARTS) is 1. The minimum atomic E-state index is -2.12. The van der Waals surface area contributed by atoms with E-state index in [4.69, 9.17) is 0 Å². The Labute approximate surface area is 109 Å². The van der Waals surface area contributed by atoms with Crippen LogP contribution in [0.25, 0.3) is 0 Å². The van der Waals surface area contributed by atoms with Crippen molar-refractivity contribution in [2.24, 2.45) is 0 Å². The molecule has 0 aromatic heterocycles. The summed E-state index contributed by atoms with van der Waals surface area (Å²) in [5.41, 5.74) is -3.39. The SMILES string of the molecule is CC1(O)C(=O)NC(Cc2ccccc2)(C(=O)O)C1O. The molecule has 0 spiro atoms. The number of carbonyl (C=O) groups is 2. The van der Waals surface area contributed by atoms with Gasteiger partial charge in [-0.25, -0.2) is 4.79 Å². The van der Waals surface area contributed by atoms with Crippen LogP contribution in [0, 0.1) is 0 Å². The lowest BCUT2D eigenvalue weighted by Crippen LogP contribution is -2.58. The van der Waals surface area contributed by atoms with Crippen LogP contribution >= 0.6 is 0 Å². The van der Waals surface area contributed by atoms with Crippen molar-refractivity contribution in [3.63, 3.8) is 0 Å². The molecule has 2 rings (SSSR count). The Morgan fingerprint density at radius 2 is 1.95 bits per heavy atom. The topological polar surface area (TPSA) is 107 Å². The molecule has 0 saturated carbocycles. The van der Waals surface area contributed by atoms with E-state index in [0.717, 1.165) is 6.92 Å². The summed E-state index contributed by atoms with van der Waals surface area (Å²) < 4.78 is 0. The predicted octanol–water partition coefficient (Wildman–Crippen LogP) is -0.706. The Hall–Kier alpha value is -1.92. The fraction of sp³-hybridized carbons (Fsp3) is 0.385. The third kappa shape index (κ3) is 1.98. The molecule has 1 aliphatic heterocycles. The third-order valence-corrected chi connectivity index (χ3v) is 3.50. The summed E-state index contributed by atoms with van der Waals surface area (Å²) in [6.07, 6.45) is -1.84. The maximum Gasteiger partial charge on any atom is 0.332 e. The summed E-state index contributed by atoms with van der Waals surface area (Å²) in [6.45, 7) is 1.10. The standard InChI is InChI=1S/C13H15NO5/c1-12(19)9(15)13(11(17)18,14-10(12)16)7-8-5-3-2-4-6-8/h2-6,9,15,19H,7H2,1H3,(H,14,16)(H,17,18). The van der Waals surface area contributed by atoms with Crippen molar-refractivity contribution < 1.29 is 24.9 Å². The summed E-state index contributed by atoms with van der Waals surface area (Å²) in [4.78, 5) is 23.1. The fourth-order valence-electron chi connectivity index (χ4n) is 2.31. The van der Waals surface area contributed by atoms with Crippen LogP contribution in [0.2, 0.25) is 0 Å². The summed E-state index contributed by atoms with van der Waals surface area (Å²) >= 11 is 0. The van der Waals surface area contributed by atoms with Gasteiger partial charge in [-0.3, -0.25) is 4.79 Å². The fourth-order valence-corrected chi connectivity index (χ4v) is 2.31. The number of amides is 1. The number of aliphatic carboxylic acids is 1. The molecule has 6 nitrogen and oxygen atoms in total. The number of rotatable bonds is 3. The zero-order chi connectivity index (χ0) is 14.3.